The monoisotopic (exact) mass is 678 g/mol. The molecule has 0 aliphatic heterocycles. The van der Waals surface area contributed by atoms with Gasteiger partial charge in [0.25, 0.3) is 6.71 Å². The van der Waals surface area contributed by atoms with Gasteiger partial charge < -0.3 is 5.11 Å². The number of ketones is 1. The van der Waals surface area contributed by atoms with E-state index in [2.05, 4.69) is 134 Å². The molecule has 0 amide bonds. The third kappa shape index (κ3) is 10.9. The summed E-state index contributed by atoms with van der Waals surface area (Å²) in [7, 11) is -1.40. The third-order valence-corrected chi connectivity index (χ3v) is 14.3. The Kier molecular flexibility index (Phi) is 16.6. The molecule has 41 heavy (non-hydrogen) atoms. The van der Waals surface area contributed by atoms with Crippen LogP contribution in [0.4, 0.5) is 0 Å². The molecule has 0 aromatic heterocycles. The Labute approximate surface area is 266 Å². The van der Waals surface area contributed by atoms with E-state index < -0.39 is 15.8 Å². The summed E-state index contributed by atoms with van der Waals surface area (Å²) in [5.74, 6) is -0.375. The molecule has 2 nitrogen and oxygen atoms in total. The first kappa shape index (κ1) is 37.4. The summed E-state index contributed by atoms with van der Waals surface area (Å²) in [5.41, 5.74) is 7.29. The predicted octanol–water partition coefficient (Wildman–Crippen LogP) is 5.35. The normalized spacial score (nSPS) is 11.7. The van der Waals surface area contributed by atoms with Crippen LogP contribution in [0.1, 0.15) is 69.2 Å². The van der Waals surface area contributed by atoms with Crippen molar-refractivity contribution < 1.29 is 29.4 Å². The van der Waals surface area contributed by atoms with Crippen LogP contribution in [0.5, 0.6) is 0 Å². The molecule has 0 spiro atoms. The molecule has 0 aliphatic carbocycles. The van der Waals surface area contributed by atoms with Crippen LogP contribution in [0, 0.1) is 0 Å². The van der Waals surface area contributed by atoms with Crippen LogP contribution in [-0.4, -0.2) is 35.1 Å². The molecule has 0 saturated carbocycles. The van der Waals surface area contributed by atoms with Crippen molar-refractivity contribution in [3.63, 3.8) is 0 Å². The first-order valence-corrected chi connectivity index (χ1v) is 18.0. The zero-order valence-electron chi connectivity index (χ0n) is 26.6. The molecular formula is C35H50BO2P2Rh+. The predicted molar refractivity (Wildman–Crippen MR) is 185 cm³/mol. The zero-order valence-corrected chi connectivity index (χ0v) is 30.3. The second-order valence-corrected chi connectivity index (χ2v) is 19.4. The standard InChI is InChI=1S/C30H41BP2.C5H8O2.Rh/c1-22(2)32(23(3)4)29-20-14-12-18-27(29)31(26-16-10-9-11-17-26)28-19-13-15-21-30(28)33(24(5)6)25(7)8;1-4(6)3-5(2)7;/h9-25H,1-8H3;3,6H,1-2H3;/p+1/b;4-3-;. The second-order valence-electron chi connectivity index (χ2n) is 11.9. The molecule has 0 bridgehead atoms. The number of rotatable bonds is 10. The first-order chi connectivity index (χ1) is 18.9. The Hall–Kier alpha value is -1.58. The van der Waals surface area contributed by atoms with Gasteiger partial charge in [0.1, 0.15) is 0 Å². The van der Waals surface area contributed by atoms with E-state index >= 15 is 0 Å². The number of carbonyl (C=O) groups is 1. The van der Waals surface area contributed by atoms with E-state index in [1.54, 1.807) is 10.6 Å². The van der Waals surface area contributed by atoms with Crippen molar-refractivity contribution in [2.75, 3.05) is 0 Å². The van der Waals surface area contributed by atoms with Crippen LogP contribution in [0.3, 0.4) is 0 Å². The van der Waals surface area contributed by atoms with E-state index in [0.717, 1.165) is 6.08 Å². The Morgan fingerprint density at radius 1 is 0.634 bits per heavy atom. The van der Waals surface area contributed by atoms with Gasteiger partial charge in [0.2, 0.25) is 0 Å². The molecule has 3 aromatic rings. The fourth-order valence-corrected chi connectivity index (χ4v) is 12.9. The van der Waals surface area contributed by atoms with Gasteiger partial charge in [0, 0.05) is 35.3 Å². The van der Waals surface area contributed by atoms with Crippen molar-refractivity contribution in [1.82, 2.24) is 0 Å². The molecule has 0 fully saturated rings. The Bertz CT molecular complexity index is 1160. The molecule has 3 aromatic carbocycles. The van der Waals surface area contributed by atoms with E-state index in [1.165, 1.54) is 30.2 Å². The number of hydrogen-bond donors (Lipinski definition) is 0. The van der Waals surface area contributed by atoms with E-state index in [4.69, 9.17) is 0 Å². The minimum atomic E-state index is -0.701. The molecule has 0 saturated heterocycles. The Balaban J connectivity index is 0.000000933. The van der Waals surface area contributed by atoms with Crippen molar-refractivity contribution in [3.8, 4) is 0 Å². The summed E-state index contributed by atoms with van der Waals surface area (Å²) in [4.78, 5) is 9.98. The maximum absolute atomic E-state index is 9.98. The molecule has 0 atom stereocenters. The summed E-state index contributed by atoms with van der Waals surface area (Å²) in [5, 5.41) is 13.2. The molecule has 0 unspecified atom stereocenters. The number of allylic oxidation sites excluding steroid dienone is 2. The van der Waals surface area contributed by atoms with Gasteiger partial charge in [0.05, 0.1) is 33.2 Å². The van der Waals surface area contributed by atoms with Crippen LogP contribution >= 0.6 is 15.8 Å². The van der Waals surface area contributed by atoms with Crippen molar-refractivity contribution in [1.29, 1.82) is 0 Å². The molecule has 0 aliphatic rings. The summed E-state index contributed by atoms with van der Waals surface area (Å²) in [6.45, 7) is 22.4. The van der Waals surface area contributed by atoms with Crippen molar-refractivity contribution in [2.45, 2.75) is 91.9 Å². The van der Waals surface area contributed by atoms with Crippen molar-refractivity contribution in [2.24, 2.45) is 0 Å². The molecule has 1 radical (unpaired) electrons. The van der Waals surface area contributed by atoms with E-state index in [1.807, 2.05) is 0 Å². The fourth-order valence-electron chi connectivity index (χ4n) is 6.06. The van der Waals surface area contributed by atoms with Gasteiger partial charge in [-0.05, 0) is 91.4 Å². The molecule has 6 heteroatoms. The van der Waals surface area contributed by atoms with Gasteiger partial charge in [-0.2, -0.15) is 0 Å². The number of benzene rings is 3. The minimum Gasteiger partial charge on any atom is -0.876 e. The molecule has 0 heterocycles. The SMILES string of the molecule is CC(=O)/C=C(/C)[O-].CC(C)[PH+](c1ccccc1B(c1ccccc1)c1ccccc1[PH+](C(C)C)C(C)C)C(C)C.[Rh]. The first-order valence-electron chi connectivity index (χ1n) is 14.7. The van der Waals surface area contributed by atoms with Crippen molar-refractivity contribution >= 4 is 55.3 Å². The molecular weight excluding hydrogens is 628 g/mol. The van der Waals surface area contributed by atoms with Gasteiger partial charge in [-0.15, -0.1) is 5.76 Å². The molecule has 3 rings (SSSR count). The Morgan fingerprint density at radius 2 is 0.976 bits per heavy atom. The smallest absolute Gasteiger partial charge is 0.251 e. The summed E-state index contributed by atoms with van der Waals surface area (Å²) in [6.07, 6.45) is 1.06. The van der Waals surface area contributed by atoms with E-state index in [-0.39, 0.29) is 37.7 Å². The second kappa shape index (κ2) is 18.2. The number of hydrogen-bond acceptors (Lipinski definition) is 2. The molecule has 223 valence electrons. The third-order valence-electron chi connectivity index (χ3n) is 7.19. The average Bonchev–Trinajstić information content (AvgIpc) is 2.85. The topological polar surface area (TPSA) is 40.1 Å². The van der Waals surface area contributed by atoms with Crippen LogP contribution in [0.2, 0.25) is 0 Å². The minimum absolute atomic E-state index is 0. The fraction of sp³-hybridized carbons (Fsp3) is 0.400. The quantitative estimate of drug-likeness (QED) is 0.126. The maximum atomic E-state index is 9.98. The zero-order chi connectivity index (χ0) is 30.0. The Morgan fingerprint density at radius 3 is 1.27 bits per heavy atom. The van der Waals surface area contributed by atoms with Crippen LogP contribution < -0.4 is 32.1 Å². The summed E-state index contributed by atoms with van der Waals surface area (Å²) in [6, 6.07) is 30.0. The van der Waals surface area contributed by atoms with E-state index in [9.17, 15) is 9.90 Å². The van der Waals surface area contributed by atoms with Gasteiger partial charge in [-0.1, -0.05) is 79.1 Å². The summed E-state index contributed by atoms with van der Waals surface area (Å²) >= 11 is 0. The van der Waals surface area contributed by atoms with Gasteiger partial charge >= 0.3 is 0 Å². The van der Waals surface area contributed by atoms with Gasteiger partial charge in [-0.25, -0.2) is 0 Å². The van der Waals surface area contributed by atoms with Gasteiger partial charge in [0.15, 0.2) is 5.78 Å². The number of carbonyl (C=O) groups excluding carboxylic acids is 1. The largest absolute Gasteiger partial charge is 0.876 e. The van der Waals surface area contributed by atoms with Gasteiger partial charge in [-0.3, -0.25) is 4.79 Å². The average molecular weight is 678 g/mol. The van der Waals surface area contributed by atoms with Crippen LogP contribution in [0.15, 0.2) is 90.7 Å². The summed E-state index contributed by atoms with van der Waals surface area (Å²) < 4.78 is 0. The maximum Gasteiger partial charge on any atom is 0.251 e. The van der Waals surface area contributed by atoms with Crippen molar-refractivity contribution in [3.05, 3.63) is 90.7 Å². The van der Waals surface area contributed by atoms with Crippen LogP contribution in [0.25, 0.3) is 0 Å². The molecule has 0 N–H and O–H groups in total. The van der Waals surface area contributed by atoms with E-state index in [0.29, 0.717) is 22.6 Å². The van der Waals surface area contributed by atoms with Crippen LogP contribution in [-0.2, 0) is 24.3 Å².